The Kier molecular flexibility index (Phi) is 4.11. The minimum absolute atomic E-state index is 0.0267. The maximum atomic E-state index is 11.8. The molecule has 1 saturated heterocycles. The number of hydrogen-bond donors (Lipinski definition) is 0. The van der Waals surface area contributed by atoms with Gasteiger partial charge in [-0.25, -0.2) is 4.79 Å². The Morgan fingerprint density at radius 3 is 2.76 bits per heavy atom. The van der Waals surface area contributed by atoms with Gasteiger partial charge in [-0.15, -0.1) is 0 Å². The predicted octanol–water partition coefficient (Wildman–Crippen LogP) is 1.87. The smallest absolute Gasteiger partial charge is 0.410 e. The van der Waals surface area contributed by atoms with Crippen LogP contribution >= 0.6 is 0 Å². The Labute approximate surface area is 101 Å². The molecule has 0 saturated carbocycles. The molecular weight excluding hydrogens is 220 g/mol. The first-order valence-corrected chi connectivity index (χ1v) is 5.72. The van der Waals surface area contributed by atoms with E-state index in [0.29, 0.717) is 19.3 Å². The molecule has 1 rings (SSSR count). The summed E-state index contributed by atoms with van der Waals surface area (Å²) >= 11 is 0. The van der Waals surface area contributed by atoms with Crippen LogP contribution in [0.5, 0.6) is 0 Å². The molecule has 94 valence electrons. The van der Waals surface area contributed by atoms with Crippen LogP contribution in [0.25, 0.3) is 0 Å². The van der Waals surface area contributed by atoms with Crippen LogP contribution in [0.3, 0.4) is 0 Å². The van der Waals surface area contributed by atoms with Gasteiger partial charge in [0.2, 0.25) is 0 Å². The molecule has 0 N–H and O–H groups in total. The SMILES string of the molecule is CC(C)(C)OC(=O)N1CC(=O)CC1CCC#N. The minimum Gasteiger partial charge on any atom is -0.444 e. The molecule has 0 aromatic carbocycles. The number of Topliss-reactive ketones (excluding diaryl/α,β-unsaturated/α-hetero) is 1. The lowest BCUT2D eigenvalue weighted by atomic mass is 10.1. The number of ketones is 1. The summed E-state index contributed by atoms with van der Waals surface area (Å²) in [6.45, 7) is 5.46. The minimum atomic E-state index is -0.567. The summed E-state index contributed by atoms with van der Waals surface area (Å²) in [6, 6.07) is 1.84. The van der Waals surface area contributed by atoms with Gasteiger partial charge in [0.1, 0.15) is 5.60 Å². The molecule has 0 radical (unpaired) electrons. The largest absolute Gasteiger partial charge is 0.444 e. The highest BCUT2D eigenvalue weighted by atomic mass is 16.6. The topological polar surface area (TPSA) is 70.4 Å². The molecule has 1 amide bonds. The molecule has 17 heavy (non-hydrogen) atoms. The second kappa shape index (κ2) is 5.17. The number of nitriles is 1. The monoisotopic (exact) mass is 238 g/mol. The van der Waals surface area contributed by atoms with Gasteiger partial charge in [-0.2, -0.15) is 5.26 Å². The van der Waals surface area contributed by atoms with Crippen LogP contribution in [0.2, 0.25) is 0 Å². The molecule has 1 atom stereocenters. The van der Waals surface area contributed by atoms with Crippen molar-refractivity contribution in [1.82, 2.24) is 4.90 Å². The summed E-state index contributed by atoms with van der Waals surface area (Å²) in [7, 11) is 0. The van der Waals surface area contributed by atoms with Crippen LogP contribution in [0.15, 0.2) is 0 Å². The molecular formula is C12H18N2O3. The Morgan fingerprint density at radius 2 is 2.24 bits per heavy atom. The molecule has 1 heterocycles. The molecule has 1 fully saturated rings. The van der Waals surface area contributed by atoms with Crippen molar-refractivity contribution in [2.24, 2.45) is 0 Å². The van der Waals surface area contributed by atoms with E-state index in [1.807, 2.05) is 6.07 Å². The van der Waals surface area contributed by atoms with E-state index < -0.39 is 11.7 Å². The molecule has 0 aliphatic carbocycles. The van der Waals surface area contributed by atoms with Gasteiger partial charge in [-0.05, 0) is 27.2 Å². The molecule has 5 nitrogen and oxygen atoms in total. The van der Waals surface area contributed by atoms with E-state index in [4.69, 9.17) is 10.00 Å². The highest BCUT2D eigenvalue weighted by Crippen LogP contribution is 2.21. The van der Waals surface area contributed by atoms with Crippen LogP contribution in [0.1, 0.15) is 40.0 Å². The van der Waals surface area contributed by atoms with Crippen LogP contribution < -0.4 is 0 Å². The average molecular weight is 238 g/mol. The molecule has 1 aliphatic heterocycles. The fraction of sp³-hybridized carbons (Fsp3) is 0.750. The van der Waals surface area contributed by atoms with Crippen molar-refractivity contribution in [3.05, 3.63) is 0 Å². The van der Waals surface area contributed by atoms with Crippen molar-refractivity contribution in [3.63, 3.8) is 0 Å². The van der Waals surface area contributed by atoms with Gasteiger partial charge in [-0.1, -0.05) is 0 Å². The van der Waals surface area contributed by atoms with Crippen molar-refractivity contribution in [3.8, 4) is 6.07 Å². The van der Waals surface area contributed by atoms with Crippen molar-refractivity contribution >= 4 is 11.9 Å². The summed E-state index contributed by atoms with van der Waals surface area (Å²) in [4.78, 5) is 24.6. The Balaban J connectivity index is 2.64. The quantitative estimate of drug-likeness (QED) is 0.736. The number of carbonyl (C=O) groups excluding carboxylic acids is 2. The number of rotatable bonds is 2. The zero-order valence-corrected chi connectivity index (χ0v) is 10.5. The highest BCUT2D eigenvalue weighted by Gasteiger charge is 2.36. The van der Waals surface area contributed by atoms with Crippen LogP contribution in [-0.2, 0) is 9.53 Å². The van der Waals surface area contributed by atoms with E-state index in [0.717, 1.165) is 0 Å². The lowest BCUT2D eigenvalue weighted by molar-refractivity contribution is -0.117. The molecule has 0 aromatic rings. The number of carbonyl (C=O) groups is 2. The van der Waals surface area contributed by atoms with Gasteiger partial charge < -0.3 is 4.74 Å². The third-order valence-electron chi connectivity index (χ3n) is 2.47. The van der Waals surface area contributed by atoms with Crippen molar-refractivity contribution < 1.29 is 14.3 Å². The molecule has 5 heteroatoms. The number of amides is 1. The van der Waals surface area contributed by atoms with E-state index in [1.54, 1.807) is 20.8 Å². The summed E-state index contributed by atoms with van der Waals surface area (Å²) < 4.78 is 5.23. The molecule has 0 bridgehead atoms. The Bertz CT molecular complexity index is 352. The second-order valence-electron chi connectivity index (χ2n) is 5.20. The molecule has 1 aliphatic rings. The normalized spacial score (nSPS) is 20.2. The van der Waals surface area contributed by atoms with E-state index in [-0.39, 0.29) is 18.4 Å². The van der Waals surface area contributed by atoms with E-state index >= 15 is 0 Å². The third-order valence-corrected chi connectivity index (χ3v) is 2.47. The van der Waals surface area contributed by atoms with Crippen molar-refractivity contribution in [2.45, 2.75) is 51.7 Å². The third kappa shape index (κ3) is 4.06. The summed E-state index contributed by atoms with van der Waals surface area (Å²) in [5.74, 6) is 0.0267. The van der Waals surface area contributed by atoms with E-state index in [2.05, 4.69) is 0 Å². The second-order valence-corrected chi connectivity index (χ2v) is 5.20. The summed E-state index contributed by atoms with van der Waals surface area (Å²) in [5, 5.41) is 8.53. The summed E-state index contributed by atoms with van der Waals surface area (Å²) in [5.41, 5.74) is -0.567. The van der Waals surface area contributed by atoms with Crippen LogP contribution in [0.4, 0.5) is 4.79 Å². The lowest BCUT2D eigenvalue weighted by Crippen LogP contribution is -2.40. The van der Waals surface area contributed by atoms with Crippen molar-refractivity contribution in [1.29, 1.82) is 5.26 Å². The first-order valence-electron chi connectivity index (χ1n) is 5.72. The van der Waals surface area contributed by atoms with Crippen molar-refractivity contribution in [2.75, 3.05) is 6.54 Å². The van der Waals surface area contributed by atoms with Gasteiger partial charge in [0, 0.05) is 18.9 Å². The highest BCUT2D eigenvalue weighted by molar-refractivity contribution is 5.88. The number of ether oxygens (including phenoxy) is 1. The van der Waals surface area contributed by atoms with E-state index in [9.17, 15) is 9.59 Å². The first-order chi connectivity index (χ1) is 7.83. The lowest BCUT2D eigenvalue weighted by Gasteiger charge is -2.27. The van der Waals surface area contributed by atoms with Gasteiger partial charge >= 0.3 is 6.09 Å². The fourth-order valence-corrected chi connectivity index (χ4v) is 1.78. The number of hydrogen-bond acceptors (Lipinski definition) is 4. The molecule has 1 unspecified atom stereocenters. The first kappa shape index (κ1) is 13.5. The standard InChI is InChI=1S/C12H18N2O3/c1-12(2,3)17-11(16)14-8-10(15)7-9(14)5-4-6-13/h9H,4-5,7-8H2,1-3H3. The zero-order valence-electron chi connectivity index (χ0n) is 10.5. The molecule has 0 spiro atoms. The van der Waals surface area contributed by atoms with Gasteiger partial charge in [0.05, 0.1) is 12.6 Å². The maximum absolute atomic E-state index is 11.8. The van der Waals surface area contributed by atoms with Gasteiger partial charge in [0.25, 0.3) is 0 Å². The Hall–Kier alpha value is -1.57. The number of nitrogens with zero attached hydrogens (tertiary/aromatic N) is 2. The number of likely N-dealkylation sites (tertiary alicyclic amines) is 1. The molecule has 0 aromatic heterocycles. The van der Waals surface area contributed by atoms with E-state index in [1.165, 1.54) is 4.90 Å². The summed E-state index contributed by atoms with van der Waals surface area (Å²) in [6.07, 6.45) is 0.742. The van der Waals surface area contributed by atoms with Gasteiger partial charge in [-0.3, -0.25) is 9.69 Å². The van der Waals surface area contributed by atoms with Crippen LogP contribution in [0, 0.1) is 11.3 Å². The zero-order chi connectivity index (χ0) is 13.1. The maximum Gasteiger partial charge on any atom is 0.410 e. The van der Waals surface area contributed by atoms with Gasteiger partial charge in [0.15, 0.2) is 5.78 Å². The average Bonchev–Trinajstić information content (AvgIpc) is 2.54. The predicted molar refractivity (Wildman–Crippen MR) is 61.2 cm³/mol. The Morgan fingerprint density at radius 1 is 1.59 bits per heavy atom. The fourth-order valence-electron chi connectivity index (χ4n) is 1.78. The van der Waals surface area contributed by atoms with Crippen LogP contribution in [-0.4, -0.2) is 35.0 Å².